The van der Waals surface area contributed by atoms with Gasteiger partial charge in [0.2, 0.25) is 12.2 Å². The molecule has 0 bridgehead atoms. The molecule has 1 heterocycles. The van der Waals surface area contributed by atoms with Crippen molar-refractivity contribution in [3.8, 4) is 5.75 Å². The Morgan fingerprint density at radius 2 is 1.62 bits per heavy atom. The smallest absolute Gasteiger partial charge is 0.303 e. The van der Waals surface area contributed by atoms with Crippen molar-refractivity contribution < 1.29 is 42.9 Å². The van der Waals surface area contributed by atoms with E-state index in [1.54, 1.807) is 6.07 Å². The van der Waals surface area contributed by atoms with Gasteiger partial charge in [-0.05, 0) is 24.1 Å². The van der Waals surface area contributed by atoms with Crippen LogP contribution in [0.5, 0.6) is 5.75 Å². The lowest BCUT2D eigenvalue weighted by atomic mass is 9.96. The van der Waals surface area contributed by atoms with E-state index in [1.165, 1.54) is 27.7 Å². The van der Waals surface area contributed by atoms with Crippen LogP contribution < -0.4 is 10.1 Å². The second-order valence-electron chi connectivity index (χ2n) is 7.34. The van der Waals surface area contributed by atoms with Crippen LogP contribution in [0.15, 0.2) is 24.3 Å². The number of hydrogen-bond donors (Lipinski definition) is 1. The summed E-state index contributed by atoms with van der Waals surface area (Å²) in [4.78, 5) is 46.9. The van der Waals surface area contributed by atoms with Crippen molar-refractivity contribution in [2.24, 2.45) is 0 Å². The fraction of sp³-hybridized carbons (Fsp3) is 0.545. The minimum Gasteiger partial charge on any atom is -0.463 e. The van der Waals surface area contributed by atoms with Crippen LogP contribution in [0.2, 0.25) is 0 Å². The maximum atomic E-state index is 11.9. The Morgan fingerprint density at radius 3 is 2.19 bits per heavy atom. The van der Waals surface area contributed by atoms with Gasteiger partial charge < -0.3 is 29.0 Å². The number of benzene rings is 1. The second-order valence-corrected chi connectivity index (χ2v) is 7.34. The van der Waals surface area contributed by atoms with Crippen molar-refractivity contribution in [3.63, 3.8) is 0 Å². The Kier molecular flexibility index (Phi) is 9.01. The van der Waals surface area contributed by atoms with E-state index in [1.807, 2.05) is 25.1 Å². The van der Waals surface area contributed by atoms with Crippen molar-refractivity contribution in [2.45, 2.75) is 71.7 Å². The number of esters is 3. The molecule has 1 aromatic carbocycles. The molecular formula is C22H29NO9. The molecule has 0 saturated carbocycles. The molecule has 10 nitrogen and oxygen atoms in total. The molecule has 1 saturated heterocycles. The number of hydrogen-bond acceptors (Lipinski definition) is 9. The summed E-state index contributed by atoms with van der Waals surface area (Å²) in [5.41, 5.74) is 1.01. The van der Waals surface area contributed by atoms with E-state index in [0.29, 0.717) is 5.75 Å². The van der Waals surface area contributed by atoms with Crippen LogP contribution in [0, 0.1) is 0 Å². The van der Waals surface area contributed by atoms with Gasteiger partial charge in [0.25, 0.3) is 0 Å². The normalized spacial score (nSPS) is 24.7. The fourth-order valence-electron chi connectivity index (χ4n) is 3.36. The van der Waals surface area contributed by atoms with Crippen molar-refractivity contribution in [1.29, 1.82) is 0 Å². The van der Waals surface area contributed by atoms with Crippen LogP contribution >= 0.6 is 0 Å². The first-order valence-electron chi connectivity index (χ1n) is 10.3. The molecule has 0 spiro atoms. The van der Waals surface area contributed by atoms with E-state index in [-0.39, 0.29) is 6.61 Å². The van der Waals surface area contributed by atoms with Gasteiger partial charge in [-0.2, -0.15) is 0 Å². The lowest BCUT2D eigenvalue weighted by Gasteiger charge is -2.44. The lowest BCUT2D eigenvalue weighted by molar-refractivity contribution is -0.257. The van der Waals surface area contributed by atoms with Gasteiger partial charge in [-0.15, -0.1) is 0 Å². The molecule has 32 heavy (non-hydrogen) atoms. The molecule has 0 unspecified atom stereocenters. The molecule has 1 aromatic rings. The molecule has 0 aromatic heterocycles. The SMILES string of the molecule is CCc1cccc(O[C@@H]2O[C@H](COC(C)=O)[C@@H](OC(C)=O)[C@H](OC(C)=O)[C@H]2NC(C)=O)c1. The van der Waals surface area contributed by atoms with Gasteiger partial charge >= 0.3 is 17.9 Å². The Morgan fingerprint density at radius 1 is 0.969 bits per heavy atom. The summed E-state index contributed by atoms with van der Waals surface area (Å²) >= 11 is 0. The van der Waals surface area contributed by atoms with Crippen molar-refractivity contribution >= 4 is 23.8 Å². The largest absolute Gasteiger partial charge is 0.463 e. The highest BCUT2D eigenvalue weighted by Crippen LogP contribution is 2.29. The minimum atomic E-state index is -1.16. The number of amides is 1. The Labute approximate surface area is 186 Å². The molecule has 5 atom stereocenters. The first kappa shape index (κ1) is 25.1. The van der Waals surface area contributed by atoms with Crippen LogP contribution in [0.3, 0.4) is 0 Å². The molecule has 176 valence electrons. The first-order chi connectivity index (χ1) is 15.1. The summed E-state index contributed by atoms with van der Waals surface area (Å²) < 4.78 is 27.8. The molecule has 1 N–H and O–H groups in total. The van der Waals surface area contributed by atoms with Crippen LogP contribution in [0.25, 0.3) is 0 Å². The van der Waals surface area contributed by atoms with E-state index in [2.05, 4.69) is 5.32 Å². The molecule has 10 heteroatoms. The average Bonchev–Trinajstić information content (AvgIpc) is 2.70. The van der Waals surface area contributed by atoms with Gasteiger partial charge in [-0.3, -0.25) is 19.2 Å². The highest BCUT2D eigenvalue weighted by Gasteiger charge is 2.51. The van der Waals surface area contributed by atoms with Gasteiger partial charge in [0.15, 0.2) is 12.2 Å². The molecule has 0 aliphatic carbocycles. The zero-order valence-corrected chi connectivity index (χ0v) is 18.8. The highest BCUT2D eigenvalue weighted by atomic mass is 16.7. The summed E-state index contributed by atoms with van der Waals surface area (Å²) in [7, 11) is 0. The summed E-state index contributed by atoms with van der Waals surface area (Å²) in [6.45, 7) is 6.58. The van der Waals surface area contributed by atoms with Crippen molar-refractivity contribution in [1.82, 2.24) is 5.32 Å². The minimum absolute atomic E-state index is 0.285. The summed E-state index contributed by atoms with van der Waals surface area (Å²) in [6, 6.07) is 6.26. The number of aryl methyl sites for hydroxylation is 1. The fourth-order valence-corrected chi connectivity index (χ4v) is 3.36. The van der Waals surface area contributed by atoms with Gasteiger partial charge in [0.05, 0.1) is 0 Å². The van der Waals surface area contributed by atoms with Crippen molar-refractivity contribution in [2.75, 3.05) is 6.61 Å². The van der Waals surface area contributed by atoms with Crippen LogP contribution in [-0.4, -0.2) is 61.1 Å². The number of nitrogens with one attached hydrogen (secondary N) is 1. The maximum Gasteiger partial charge on any atom is 0.303 e. The average molecular weight is 451 g/mol. The maximum absolute atomic E-state index is 11.9. The van der Waals surface area contributed by atoms with Crippen molar-refractivity contribution in [3.05, 3.63) is 29.8 Å². The van der Waals surface area contributed by atoms with Crippen LogP contribution in [0.4, 0.5) is 0 Å². The third kappa shape index (κ3) is 7.23. The van der Waals surface area contributed by atoms with Gasteiger partial charge in [-0.25, -0.2) is 0 Å². The third-order valence-electron chi connectivity index (χ3n) is 4.63. The van der Waals surface area contributed by atoms with Gasteiger partial charge in [-0.1, -0.05) is 19.1 Å². The van der Waals surface area contributed by atoms with E-state index < -0.39 is 54.5 Å². The molecule has 1 aliphatic heterocycles. The zero-order valence-electron chi connectivity index (χ0n) is 18.8. The Hall–Kier alpha value is -3.14. The molecule has 1 amide bonds. The van der Waals surface area contributed by atoms with E-state index in [4.69, 9.17) is 23.7 Å². The molecular weight excluding hydrogens is 422 g/mol. The predicted octanol–water partition coefficient (Wildman–Crippen LogP) is 1.28. The predicted molar refractivity (Wildman–Crippen MR) is 110 cm³/mol. The molecule has 1 aliphatic rings. The summed E-state index contributed by atoms with van der Waals surface area (Å²) in [5.74, 6) is -1.88. The Bertz CT molecular complexity index is 840. The first-order valence-corrected chi connectivity index (χ1v) is 10.3. The van der Waals surface area contributed by atoms with E-state index in [0.717, 1.165) is 12.0 Å². The van der Waals surface area contributed by atoms with E-state index in [9.17, 15) is 19.2 Å². The lowest BCUT2D eigenvalue weighted by Crippen LogP contribution is -2.67. The monoisotopic (exact) mass is 451 g/mol. The standard InChI is InChI=1S/C22H29NO9/c1-6-16-8-7-9-17(10-16)31-22-19(23-12(2)24)21(30-15(5)27)20(29-14(4)26)18(32-22)11-28-13(3)25/h7-10,18-22H,6,11H2,1-5H3,(H,23,24)/t18-,19-,20-,21-,22-/m1/s1. The molecule has 2 rings (SSSR count). The second kappa shape index (κ2) is 11.5. The van der Waals surface area contributed by atoms with Crippen LogP contribution in [0.1, 0.15) is 40.2 Å². The van der Waals surface area contributed by atoms with Crippen LogP contribution in [-0.2, 0) is 44.5 Å². The third-order valence-corrected chi connectivity index (χ3v) is 4.63. The zero-order chi connectivity index (χ0) is 23.8. The molecule has 0 radical (unpaired) electrons. The number of carbonyl (C=O) groups excluding carboxylic acids is 4. The Balaban J connectivity index is 2.45. The summed E-state index contributed by atoms with van der Waals surface area (Å²) in [6.07, 6.45) is -3.69. The van der Waals surface area contributed by atoms with E-state index >= 15 is 0 Å². The number of rotatable bonds is 8. The van der Waals surface area contributed by atoms with Gasteiger partial charge in [0.1, 0.15) is 24.5 Å². The number of ether oxygens (including phenoxy) is 5. The topological polar surface area (TPSA) is 126 Å². The quantitative estimate of drug-likeness (QED) is 0.459. The highest BCUT2D eigenvalue weighted by molar-refractivity contribution is 5.73. The number of carbonyl (C=O) groups is 4. The molecule has 1 fully saturated rings. The van der Waals surface area contributed by atoms with Gasteiger partial charge in [0, 0.05) is 27.7 Å². The summed E-state index contributed by atoms with van der Waals surface area (Å²) in [5, 5.41) is 2.66.